The Morgan fingerprint density at radius 1 is 1.14 bits per heavy atom. The number of phenols is 1. The Bertz CT molecular complexity index is 631. The number of aliphatic hydroxyl groups is 1. The van der Waals surface area contributed by atoms with Crippen molar-refractivity contribution in [3.8, 4) is 11.5 Å². The quantitative estimate of drug-likeness (QED) is 0.733. The molecule has 0 fully saturated rings. The molecule has 0 aliphatic carbocycles. The zero-order valence-corrected chi connectivity index (χ0v) is 13.2. The zero-order valence-electron chi connectivity index (χ0n) is 12.5. The summed E-state index contributed by atoms with van der Waals surface area (Å²) < 4.78 is 5.49. The van der Waals surface area contributed by atoms with Gasteiger partial charge in [0.05, 0.1) is 6.61 Å². The van der Waals surface area contributed by atoms with Gasteiger partial charge in [0, 0.05) is 29.2 Å². The van der Waals surface area contributed by atoms with E-state index < -0.39 is 0 Å². The second-order valence-electron chi connectivity index (χ2n) is 5.01. The maximum Gasteiger partial charge on any atom is 0.123 e. The van der Waals surface area contributed by atoms with E-state index in [0.717, 1.165) is 22.4 Å². The van der Waals surface area contributed by atoms with E-state index in [9.17, 15) is 5.11 Å². The minimum absolute atomic E-state index is 0.0164. The number of ether oxygens (including phenoxy) is 1. The number of phenolic OH excluding ortho intramolecular Hbond substituents is 1. The molecule has 3 N–H and O–H groups in total. The van der Waals surface area contributed by atoms with Gasteiger partial charge in [-0.15, -0.1) is 0 Å². The van der Waals surface area contributed by atoms with E-state index >= 15 is 0 Å². The first-order chi connectivity index (χ1) is 10.6. The number of rotatable bonds is 7. The SMILES string of the molecule is Cc1cc(Cl)cc(CNCc2ccccc2OCCO)c1O. The maximum absolute atomic E-state index is 10.0. The monoisotopic (exact) mass is 321 g/mol. The minimum Gasteiger partial charge on any atom is -0.507 e. The summed E-state index contributed by atoms with van der Waals surface area (Å²) in [5, 5.41) is 22.8. The summed E-state index contributed by atoms with van der Waals surface area (Å²) in [4.78, 5) is 0. The summed E-state index contributed by atoms with van der Waals surface area (Å²) in [7, 11) is 0. The Labute approximate surface area is 135 Å². The zero-order chi connectivity index (χ0) is 15.9. The molecule has 2 aromatic carbocycles. The van der Waals surface area contributed by atoms with Crippen molar-refractivity contribution in [3.63, 3.8) is 0 Å². The fourth-order valence-electron chi connectivity index (χ4n) is 2.22. The molecule has 118 valence electrons. The third-order valence-corrected chi connectivity index (χ3v) is 3.51. The number of hydrogen-bond acceptors (Lipinski definition) is 4. The van der Waals surface area contributed by atoms with Gasteiger partial charge < -0.3 is 20.3 Å². The number of para-hydroxylation sites is 1. The highest BCUT2D eigenvalue weighted by molar-refractivity contribution is 6.30. The molecule has 0 radical (unpaired) electrons. The Balaban J connectivity index is 2.00. The van der Waals surface area contributed by atoms with Crippen LogP contribution < -0.4 is 10.1 Å². The highest BCUT2D eigenvalue weighted by Crippen LogP contribution is 2.26. The van der Waals surface area contributed by atoms with Gasteiger partial charge in [0.15, 0.2) is 0 Å². The smallest absolute Gasteiger partial charge is 0.123 e. The molecule has 0 unspecified atom stereocenters. The van der Waals surface area contributed by atoms with Crippen LogP contribution in [0.1, 0.15) is 16.7 Å². The molecular formula is C17H20ClNO3. The van der Waals surface area contributed by atoms with E-state index in [1.165, 1.54) is 0 Å². The van der Waals surface area contributed by atoms with Crippen LogP contribution in [0.15, 0.2) is 36.4 Å². The Morgan fingerprint density at radius 3 is 2.64 bits per heavy atom. The number of aryl methyl sites for hydroxylation is 1. The van der Waals surface area contributed by atoms with Crippen molar-refractivity contribution < 1.29 is 14.9 Å². The third-order valence-electron chi connectivity index (χ3n) is 3.30. The number of hydrogen-bond donors (Lipinski definition) is 3. The molecule has 2 aromatic rings. The highest BCUT2D eigenvalue weighted by Gasteiger charge is 2.07. The van der Waals surface area contributed by atoms with E-state index in [1.54, 1.807) is 12.1 Å². The number of aromatic hydroxyl groups is 1. The molecule has 0 aromatic heterocycles. The lowest BCUT2D eigenvalue weighted by Crippen LogP contribution is -2.14. The summed E-state index contributed by atoms with van der Waals surface area (Å²) in [5.74, 6) is 1.01. The van der Waals surface area contributed by atoms with Crippen LogP contribution in [0.2, 0.25) is 5.02 Å². The van der Waals surface area contributed by atoms with Crippen LogP contribution in [0.4, 0.5) is 0 Å². The molecule has 0 bridgehead atoms. The van der Waals surface area contributed by atoms with Gasteiger partial charge >= 0.3 is 0 Å². The van der Waals surface area contributed by atoms with Crippen LogP contribution in [-0.2, 0) is 13.1 Å². The first-order valence-corrected chi connectivity index (χ1v) is 7.50. The fraction of sp³-hybridized carbons (Fsp3) is 0.294. The third kappa shape index (κ3) is 4.37. The summed E-state index contributed by atoms with van der Waals surface area (Å²) in [6.07, 6.45) is 0. The van der Waals surface area contributed by atoms with Crippen molar-refractivity contribution in [1.82, 2.24) is 5.32 Å². The highest BCUT2D eigenvalue weighted by atomic mass is 35.5. The molecule has 0 aliphatic heterocycles. The lowest BCUT2D eigenvalue weighted by Gasteiger charge is -2.13. The number of benzene rings is 2. The molecule has 0 aliphatic rings. The molecule has 0 heterocycles. The molecule has 4 nitrogen and oxygen atoms in total. The Morgan fingerprint density at radius 2 is 1.86 bits per heavy atom. The molecule has 0 spiro atoms. The molecule has 0 saturated carbocycles. The van der Waals surface area contributed by atoms with Crippen LogP contribution in [-0.4, -0.2) is 23.4 Å². The van der Waals surface area contributed by atoms with Crippen LogP contribution in [0, 0.1) is 6.92 Å². The first-order valence-electron chi connectivity index (χ1n) is 7.12. The second kappa shape index (κ2) is 8.03. The molecule has 2 rings (SSSR count). The Kier molecular flexibility index (Phi) is 6.07. The minimum atomic E-state index is -0.0164. The Hall–Kier alpha value is -1.75. The van der Waals surface area contributed by atoms with E-state index in [-0.39, 0.29) is 19.0 Å². The van der Waals surface area contributed by atoms with E-state index in [0.29, 0.717) is 18.1 Å². The topological polar surface area (TPSA) is 61.7 Å². The summed E-state index contributed by atoms with van der Waals surface area (Å²) in [6.45, 7) is 3.17. The summed E-state index contributed by atoms with van der Waals surface area (Å²) in [5.41, 5.74) is 2.52. The molecule has 5 heteroatoms. The van der Waals surface area contributed by atoms with Gasteiger partial charge in [-0.3, -0.25) is 0 Å². The van der Waals surface area contributed by atoms with Crippen molar-refractivity contribution in [3.05, 3.63) is 58.1 Å². The number of halogens is 1. The van der Waals surface area contributed by atoms with Gasteiger partial charge in [0.25, 0.3) is 0 Å². The van der Waals surface area contributed by atoms with Gasteiger partial charge in [-0.2, -0.15) is 0 Å². The standard InChI is InChI=1S/C17H20ClNO3/c1-12-8-15(18)9-14(17(12)21)11-19-10-13-4-2-3-5-16(13)22-7-6-20/h2-5,8-9,19-21H,6-7,10-11H2,1H3. The summed E-state index contributed by atoms with van der Waals surface area (Å²) >= 11 is 6.02. The fourth-order valence-corrected chi connectivity index (χ4v) is 2.51. The lowest BCUT2D eigenvalue weighted by atomic mass is 10.1. The van der Waals surface area contributed by atoms with Crippen LogP contribution >= 0.6 is 11.6 Å². The number of nitrogens with one attached hydrogen (secondary N) is 1. The largest absolute Gasteiger partial charge is 0.507 e. The van der Waals surface area contributed by atoms with Crippen molar-refractivity contribution >= 4 is 11.6 Å². The van der Waals surface area contributed by atoms with Crippen LogP contribution in [0.3, 0.4) is 0 Å². The van der Waals surface area contributed by atoms with Crippen molar-refractivity contribution in [2.45, 2.75) is 20.0 Å². The van der Waals surface area contributed by atoms with Crippen molar-refractivity contribution in [2.24, 2.45) is 0 Å². The van der Waals surface area contributed by atoms with E-state index in [4.69, 9.17) is 21.4 Å². The maximum atomic E-state index is 10.0. The molecule has 0 atom stereocenters. The van der Waals surface area contributed by atoms with Gasteiger partial charge in [-0.05, 0) is 30.7 Å². The second-order valence-corrected chi connectivity index (χ2v) is 5.45. The van der Waals surface area contributed by atoms with Gasteiger partial charge in [0.1, 0.15) is 18.1 Å². The number of aliphatic hydroxyl groups excluding tert-OH is 1. The van der Waals surface area contributed by atoms with Crippen molar-refractivity contribution in [2.75, 3.05) is 13.2 Å². The van der Waals surface area contributed by atoms with Crippen molar-refractivity contribution in [1.29, 1.82) is 0 Å². The average Bonchev–Trinajstić information content (AvgIpc) is 2.51. The lowest BCUT2D eigenvalue weighted by molar-refractivity contribution is 0.200. The first kappa shape index (κ1) is 16.6. The van der Waals surface area contributed by atoms with Gasteiger partial charge in [-0.25, -0.2) is 0 Å². The predicted molar refractivity (Wildman–Crippen MR) is 87.4 cm³/mol. The molecule has 0 saturated heterocycles. The van der Waals surface area contributed by atoms with Gasteiger partial charge in [-0.1, -0.05) is 29.8 Å². The molecular weight excluding hydrogens is 302 g/mol. The normalized spacial score (nSPS) is 10.7. The predicted octanol–water partition coefficient (Wildman–Crippen LogP) is 3.01. The van der Waals surface area contributed by atoms with E-state index in [1.807, 2.05) is 31.2 Å². The van der Waals surface area contributed by atoms with E-state index in [2.05, 4.69) is 5.32 Å². The molecule has 0 amide bonds. The average molecular weight is 322 g/mol. The summed E-state index contributed by atoms with van der Waals surface area (Å²) in [6, 6.07) is 11.1. The van der Waals surface area contributed by atoms with Gasteiger partial charge in [0.2, 0.25) is 0 Å². The van der Waals surface area contributed by atoms with Crippen LogP contribution in [0.25, 0.3) is 0 Å². The van der Waals surface area contributed by atoms with Crippen LogP contribution in [0.5, 0.6) is 11.5 Å². The molecule has 22 heavy (non-hydrogen) atoms.